The molecule has 0 bridgehead atoms. The van der Waals surface area contributed by atoms with Gasteiger partial charge in [0.2, 0.25) is 0 Å². The van der Waals surface area contributed by atoms with Gasteiger partial charge in [-0.2, -0.15) is 5.10 Å². The van der Waals surface area contributed by atoms with E-state index in [1.807, 2.05) is 11.7 Å². The van der Waals surface area contributed by atoms with Crippen LogP contribution in [-0.4, -0.2) is 22.9 Å². The number of nitrogens with zero attached hydrogens (tertiary/aromatic N) is 2. The Morgan fingerprint density at radius 3 is 2.48 bits per heavy atom. The molecule has 0 saturated heterocycles. The van der Waals surface area contributed by atoms with E-state index >= 15 is 0 Å². The first kappa shape index (κ1) is 16.1. The first-order valence-corrected chi connectivity index (χ1v) is 7.87. The van der Waals surface area contributed by atoms with Crippen molar-refractivity contribution in [3.63, 3.8) is 0 Å². The van der Waals surface area contributed by atoms with Crippen molar-refractivity contribution in [2.45, 2.75) is 26.2 Å². The predicted molar refractivity (Wildman–Crippen MR) is 88.8 cm³/mol. The number of hydrogen-bond donors (Lipinski definition) is 1. The molecule has 4 heteroatoms. The van der Waals surface area contributed by atoms with Crippen molar-refractivity contribution in [3.05, 3.63) is 52.8 Å². The van der Waals surface area contributed by atoms with E-state index < -0.39 is 0 Å². The van der Waals surface area contributed by atoms with E-state index in [9.17, 15) is 0 Å². The summed E-state index contributed by atoms with van der Waals surface area (Å²) in [6.45, 7) is 6.43. The van der Waals surface area contributed by atoms with E-state index in [0.29, 0.717) is 11.8 Å². The average molecular weight is 306 g/mol. The Morgan fingerprint density at radius 2 is 1.90 bits per heavy atom. The molecule has 0 saturated carbocycles. The highest BCUT2D eigenvalue weighted by atomic mass is 35.5. The Bertz CT molecular complexity index is 529. The zero-order valence-electron chi connectivity index (χ0n) is 13.0. The third-order valence-corrected chi connectivity index (χ3v) is 3.98. The van der Waals surface area contributed by atoms with Gasteiger partial charge in [0.1, 0.15) is 0 Å². The first-order chi connectivity index (χ1) is 10.1. The van der Waals surface area contributed by atoms with Crippen LogP contribution in [0.25, 0.3) is 0 Å². The third-order valence-electron chi connectivity index (χ3n) is 3.66. The highest BCUT2D eigenvalue weighted by molar-refractivity contribution is 6.31. The Morgan fingerprint density at radius 1 is 1.19 bits per heavy atom. The van der Waals surface area contributed by atoms with Crippen LogP contribution in [0, 0.1) is 5.92 Å². The minimum atomic E-state index is 0.401. The van der Waals surface area contributed by atoms with Gasteiger partial charge in [-0.15, -0.1) is 0 Å². The number of rotatable bonds is 7. The second-order valence-electron chi connectivity index (χ2n) is 5.93. The van der Waals surface area contributed by atoms with Gasteiger partial charge in [-0.1, -0.05) is 55.8 Å². The lowest BCUT2D eigenvalue weighted by Gasteiger charge is -2.19. The van der Waals surface area contributed by atoms with Crippen LogP contribution >= 0.6 is 11.6 Å². The second-order valence-corrected chi connectivity index (χ2v) is 6.33. The largest absolute Gasteiger partial charge is 0.316 e. The fourth-order valence-corrected chi connectivity index (χ4v) is 2.72. The Labute approximate surface area is 132 Å². The molecule has 1 aromatic heterocycles. The molecule has 2 aromatic rings. The van der Waals surface area contributed by atoms with E-state index in [-0.39, 0.29) is 0 Å². The van der Waals surface area contributed by atoms with Crippen LogP contribution in [0.4, 0.5) is 0 Å². The van der Waals surface area contributed by atoms with Crippen molar-refractivity contribution in [2.75, 3.05) is 13.1 Å². The van der Waals surface area contributed by atoms with E-state index in [1.165, 1.54) is 5.56 Å². The van der Waals surface area contributed by atoms with Gasteiger partial charge in [-0.3, -0.25) is 4.68 Å². The van der Waals surface area contributed by atoms with Gasteiger partial charge < -0.3 is 5.32 Å². The molecule has 0 amide bonds. The molecule has 0 fully saturated rings. The summed E-state index contributed by atoms with van der Waals surface area (Å²) in [7, 11) is 1.95. The SMILES string of the molecule is CC(C)CNCC(Cc1c(Cl)cnn1C)c1ccccc1. The summed E-state index contributed by atoms with van der Waals surface area (Å²) in [4.78, 5) is 0. The molecule has 0 aliphatic carbocycles. The second kappa shape index (κ2) is 7.62. The van der Waals surface area contributed by atoms with Crippen LogP contribution in [0.1, 0.15) is 31.0 Å². The minimum Gasteiger partial charge on any atom is -0.316 e. The maximum Gasteiger partial charge on any atom is 0.0817 e. The molecule has 1 heterocycles. The lowest BCUT2D eigenvalue weighted by atomic mass is 9.94. The van der Waals surface area contributed by atoms with E-state index in [1.54, 1.807) is 6.20 Å². The van der Waals surface area contributed by atoms with Crippen molar-refractivity contribution in [1.29, 1.82) is 0 Å². The molecule has 114 valence electrons. The molecule has 0 aliphatic rings. The first-order valence-electron chi connectivity index (χ1n) is 7.50. The molecule has 0 aliphatic heterocycles. The minimum absolute atomic E-state index is 0.401. The summed E-state index contributed by atoms with van der Waals surface area (Å²) in [6.07, 6.45) is 2.62. The maximum atomic E-state index is 6.26. The summed E-state index contributed by atoms with van der Waals surface area (Å²) >= 11 is 6.26. The Kier molecular flexibility index (Phi) is 5.83. The highest BCUT2D eigenvalue weighted by Crippen LogP contribution is 2.24. The van der Waals surface area contributed by atoms with Gasteiger partial charge in [0.25, 0.3) is 0 Å². The summed E-state index contributed by atoms with van der Waals surface area (Å²) < 4.78 is 1.88. The number of benzene rings is 1. The van der Waals surface area contributed by atoms with Crippen molar-refractivity contribution < 1.29 is 0 Å². The van der Waals surface area contributed by atoms with Crippen molar-refractivity contribution in [2.24, 2.45) is 13.0 Å². The molecule has 2 rings (SSSR count). The normalized spacial score (nSPS) is 12.8. The average Bonchev–Trinajstić information content (AvgIpc) is 2.78. The smallest absolute Gasteiger partial charge is 0.0817 e. The van der Waals surface area contributed by atoms with Crippen LogP contribution in [0.3, 0.4) is 0 Å². The van der Waals surface area contributed by atoms with Gasteiger partial charge in [-0.25, -0.2) is 0 Å². The quantitative estimate of drug-likeness (QED) is 0.846. The molecule has 1 N–H and O–H groups in total. The standard InChI is InChI=1S/C17H24ClN3/c1-13(2)10-19-11-15(14-7-5-4-6-8-14)9-17-16(18)12-20-21(17)3/h4-8,12-13,15,19H,9-11H2,1-3H3. The topological polar surface area (TPSA) is 29.9 Å². The van der Waals surface area contributed by atoms with Gasteiger partial charge in [-0.05, 0) is 24.4 Å². The molecule has 3 nitrogen and oxygen atoms in total. The van der Waals surface area contributed by atoms with Gasteiger partial charge >= 0.3 is 0 Å². The van der Waals surface area contributed by atoms with Crippen molar-refractivity contribution in [3.8, 4) is 0 Å². The van der Waals surface area contributed by atoms with Gasteiger partial charge in [0.05, 0.1) is 16.9 Å². The number of aryl methyl sites for hydroxylation is 1. The van der Waals surface area contributed by atoms with Crippen LogP contribution < -0.4 is 5.32 Å². The zero-order valence-corrected chi connectivity index (χ0v) is 13.8. The monoisotopic (exact) mass is 305 g/mol. The van der Waals surface area contributed by atoms with Crippen LogP contribution in [0.5, 0.6) is 0 Å². The van der Waals surface area contributed by atoms with E-state index in [2.05, 4.69) is 54.6 Å². The van der Waals surface area contributed by atoms with Crippen LogP contribution in [0.2, 0.25) is 5.02 Å². The summed E-state index contributed by atoms with van der Waals surface area (Å²) in [5.74, 6) is 1.06. The Balaban J connectivity index is 2.12. The van der Waals surface area contributed by atoms with Crippen LogP contribution in [-0.2, 0) is 13.5 Å². The molecule has 1 atom stereocenters. The summed E-state index contributed by atoms with van der Waals surface area (Å²) in [5.41, 5.74) is 2.43. The van der Waals surface area contributed by atoms with Gasteiger partial charge in [0.15, 0.2) is 0 Å². The number of nitrogens with one attached hydrogen (secondary N) is 1. The number of aromatic nitrogens is 2. The molecule has 0 spiro atoms. The molecule has 21 heavy (non-hydrogen) atoms. The zero-order chi connectivity index (χ0) is 15.2. The lowest BCUT2D eigenvalue weighted by molar-refractivity contribution is 0.507. The fraction of sp³-hybridized carbons (Fsp3) is 0.471. The molecular formula is C17H24ClN3. The van der Waals surface area contributed by atoms with E-state index in [0.717, 1.165) is 30.2 Å². The molecular weight excluding hydrogens is 282 g/mol. The Hall–Kier alpha value is -1.32. The molecule has 1 unspecified atom stereocenters. The van der Waals surface area contributed by atoms with Crippen molar-refractivity contribution >= 4 is 11.6 Å². The molecule has 0 radical (unpaired) electrons. The number of hydrogen-bond acceptors (Lipinski definition) is 2. The van der Waals surface area contributed by atoms with Gasteiger partial charge in [0, 0.05) is 19.5 Å². The van der Waals surface area contributed by atoms with E-state index in [4.69, 9.17) is 11.6 Å². The third kappa shape index (κ3) is 4.58. The van der Waals surface area contributed by atoms with Crippen molar-refractivity contribution in [1.82, 2.24) is 15.1 Å². The highest BCUT2D eigenvalue weighted by Gasteiger charge is 2.16. The lowest BCUT2D eigenvalue weighted by Crippen LogP contribution is -2.27. The summed E-state index contributed by atoms with van der Waals surface area (Å²) in [5, 5.41) is 8.55. The fourth-order valence-electron chi connectivity index (χ4n) is 2.48. The van der Waals surface area contributed by atoms with Crippen LogP contribution in [0.15, 0.2) is 36.5 Å². The summed E-state index contributed by atoms with van der Waals surface area (Å²) in [6, 6.07) is 10.6. The maximum absolute atomic E-state index is 6.26. The number of halogens is 1. The molecule has 1 aromatic carbocycles. The predicted octanol–water partition coefficient (Wildman–Crippen LogP) is 3.65.